The average Bonchev–Trinajstić information content (AvgIpc) is 2.83. The zero-order chi connectivity index (χ0) is 11.6. The van der Waals surface area contributed by atoms with Gasteiger partial charge in [-0.25, -0.2) is 8.42 Å². The molecule has 1 aliphatic heterocycles. The van der Waals surface area contributed by atoms with Crippen molar-refractivity contribution in [3.05, 3.63) is 0 Å². The fourth-order valence-electron chi connectivity index (χ4n) is 3.25. The molecule has 2 rings (SSSR count). The van der Waals surface area contributed by atoms with E-state index in [1.54, 1.807) is 0 Å². The molecule has 2 unspecified atom stereocenters. The van der Waals surface area contributed by atoms with Crippen molar-refractivity contribution < 1.29 is 8.42 Å². The number of rotatable bonds is 4. The van der Waals surface area contributed by atoms with E-state index in [4.69, 9.17) is 11.6 Å². The SMILES string of the molecule is O=S1(=O)CCC(C(CCl)CC2CCCC2)C1. The van der Waals surface area contributed by atoms with Crippen LogP contribution in [0.5, 0.6) is 0 Å². The van der Waals surface area contributed by atoms with Gasteiger partial charge in [-0.3, -0.25) is 0 Å². The minimum absolute atomic E-state index is 0.336. The molecule has 0 aromatic heterocycles. The predicted octanol–water partition coefficient (Wildman–Crippen LogP) is 2.86. The summed E-state index contributed by atoms with van der Waals surface area (Å²) < 4.78 is 22.9. The van der Waals surface area contributed by atoms with Crippen LogP contribution in [0.4, 0.5) is 0 Å². The molecular weight excluding hydrogens is 244 g/mol. The molecule has 0 amide bonds. The van der Waals surface area contributed by atoms with Crippen molar-refractivity contribution >= 4 is 21.4 Å². The summed E-state index contributed by atoms with van der Waals surface area (Å²) in [5.74, 6) is 2.99. The van der Waals surface area contributed by atoms with Gasteiger partial charge in [0.05, 0.1) is 11.5 Å². The van der Waals surface area contributed by atoms with Gasteiger partial charge in [-0.1, -0.05) is 25.7 Å². The van der Waals surface area contributed by atoms with Crippen LogP contribution in [-0.2, 0) is 9.84 Å². The van der Waals surface area contributed by atoms with E-state index in [1.807, 2.05) is 0 Å². The third-order valence-corrected chi connectivity index (χ3v) is 6.43. The van der Waals surface area contributed by atoms with E-state index in [1.165, 1.54) is 25.7 Å². The Morgan fingerprint density at radius 1 is 1.19 bits per heavy atom. The first-order chi connectivity index (χ1) is 7.61. The molecule has 2 fully saturated rings. The first-order valence-corrected chi connectivity index (χ1v) is 8.72. The maximum Gasteiger partial charge on any atom is 0.150 e. The lowest BCUT2D eigenvalue weighted by Crippen LogP contribution is -2.20. The topological polar surface area (TPSA) is 34.1 Å². The van der Waals surface area contributed by atoms with Gasteiger partial charge < -0.3 is 0 Å². The van der Waals surface area contributed by atoms with E-state index in [0.29, 0.717) is 29.2 Å². The van der Waals surface area contributed by atoms with Crippen molar-refractivity contribution in [1.82, 2.24) is 0 Å². The van der Waals surface area contributed by atoms with E-state index in [-0.39, 0.29) is 0 Å². The molecule has 0 aromatic carbocycles. The standard InChI is InChI=1S/C12H21ClO2S/c13-8-12(7-10-3-1-2-4-10)11-5-6-16(14,15)9-11/h10-12H,1-9H2. The Hall–Kier alpha value is 0.240. The number of hydrogen-bond donors (Lipinski definition) is 0. The zero-order valence-electron chi connectivity index (χ0n) is 9.70. The molecular formula is C12H21ClO2S. The van der Waals surface area contributed by atoms with Gasteiger partial charge in [0.15, 0.2) is 9.84 Å². The fraction of sp³-hybridized carbons (Fsp3) is 1.00. The van der Waals surface area contributed by atoms with Gasteiger partial charge in [-0.15, -0.1) is 11.6 Å². The first kappa shape index (κ1) is 12.7. The van der Waals surface area contributed by atoms with Gasteiger partial charge in [0.25, 0.3) is 0 Å². The largest absolute Gasteiger partial charge is 0.229 e. The van der Waals surface area contributed by atoms with E-state index >= 15 is 0 Å². The monoisotopic (exact) mass is 264 g/mol. The van der Waals surface area contributed by atoms with Crippen LogP contribution in [-0.4, -0.2) is 25.8 Å². The second kappa shape index (κ2) is 5.26. The maximum atomic E-state index is 11.5. The number of halogens is 1. The van der Waals surface area contributed by atoms with Gasteiger partial charge in [0, 0.05) is 5.88 Å². The van der Waals surface area contributed by atoms with Gasteiger partial charge in [-0.05, 0) is 30.6 Å². The molecule has 1 aliphatic carbocycles. The molecule has 0 N–H and O–H groups in total. The normalized spacial score (nSPS) is 31.9. The molecule has 1 saturated carbocycles. The highest BCUT2D eigenvalue weighted by molar-refractivity contribution is 7.91. The molecule has 94 valence electrons. The van der Waals surface area contributed by atoms with Crippen molar-refractivity contribution in [1.29, 1.82) is 0 Å². The summed E-state index contributed by atoms with van der Waals surface area (Å²) in [6.45, 7) is 0. The molecule has 0 bridgehead atoms. The highest BCUT2D eigenvalue weighted by Crippen LogP contribution is 2.36. The second-order valence-corrected chi connectivity index (χ2v) is 8.00. The van der Waals surface area contributed by atoms with Crippen LogP contribution >= 0.6 is 11.6 Å². The van der Waals surface area contributed by atoms with Crippen LogP contribution in [0.15, 0.2) is 0 Å². The number of hydrogen-bond acceptors (Lipinski definition) is 2. The number of alkyl halides is 1. The fourth-order valence-corrected chi connectivity index (χ4v) is 5.55. The summed E-state index contributed by atoms with van der Waals surface area (Å²) in [5.41, 5.74) is 0. The Balaban J connectivity index is 1.89. The quantitative estimate of drug-likeness (QED) is 0.732. The molecule has 0 aromatic rings. The Bertz CT molecular complexity index is 320. The molecule has 4 heteroatoms. The van der Waals surface area contributed by atoms with Crippen molar-refractivity contribution in [3.8, 4) is 0 Å². The van der Waals surface area contributed by atoms with Crippen molar-refractivity contribution in [2.45, 2.75) is 38.5 Å². The van der Waals surface area contributed by atoms with Crippen molar-refractivity contribution in [2.75, 3.05) is 17.4 Å². The molecule has 0 radical (unpaired) electrons. The second-order valence-electron chi connectivity index (χ2n) is 5.46. The highest BCUT2D eigenvalue weighted by Gasteiger charge is 2.34. The minimum atomic E-state index is -2.74. The smallest absolute Gasteiger partial charge is 0.150 e. The molecule has 1 saturated heterocycles. The Morgan fingerprint density at radius 3 is 2.38 bits per heavy atom. The predicted molar refractivity (Wildman–Crippen MR) is 67.5 cm³/mol. The van der Waals surface area contributed by atoms with Gasteiger partial charge >= 0.3 is 0 Å². The summed E-state index contributed by atoms with van der Waals surface area (Å²) in [6, 6.07) is 0. The Morgan fingerprint density at radius 2 is 1.88 bits per heavy atom. The van der Waals surface area contributed by atoms with E-state index in [9.17, 15) is 8.42 Å². The third kappa shape index (κ3) is 3.13. The summed E-state index contributed by atoms with van der Waals surface area (Å²) in [4.78, 5) is 0. The van der Waals surface area contributed by atoms with Crippen LogP contribution in [0.25, 0.3) is 0 Å². The molecule has 2 nitrogen and oxygen atoms in total. The zero-order valence-corrected chi connectivity index (χ0v) is 11.3. The molecule has 2 aliphatic rings. The van der Waals surface area contributed by atoms with Crippen LogP contribution < -0.4 is 0 Å². The minimum Gasteiger partial charge on any atom is -0.229 e. The molecule has 2 atom stereocenters. The summed E-state index contributed by atoms with van der Waals surface area (Å²) >= 11 is 6.02. The lowest BCUT2D eigenvalue weighted by molar-refractivity contribution is 0.313. The van der Waals surface area contributed by atoms with Crippen LogP contribution in [0, 0.1) is 17.8 Å². The maximum absolute atomic E-state index is 11.5. The van der Waals surface area contributed by atoms with Crippen LogP contribution in [0.2, 0.25) is 0 Å². The summed E-state index contributed by atoms with van der Waals surface area (Å²) in [7, 11) is -2.74. The van der Waals surface area contributed by atoms with Crippen molar-refractivity contribution in [2.24, 2.45) is 17.8 Å². The van der Waals surface area contributed by atoms with E-state index in [0.717, 1.165) is 18.8 Å². The van der Waals surface area contributed by atoms with Gasteiger partial charge in [0.1, 0.15) is 0 Å². The Labute approximate surface area is 104 Å². The first-order valence-electron chi connectivity index (χ1n) is 6.37. The molecule has 16 heavy (non-hydrogen) atoms. The average molecular weight is 265 g/mol. The number of sulfone groups is 1. The van der Waals surface area contributed by atoms with Crippen LogP contribution in [0.3, 0.4) is 0 Å². The highest BCUT2D eigenvalue weighted by atomic mass is 35.5. The van der Waals surface area contributed by atoms with Crippen molar-refractivity contribution in [3.63, 3.8) is 0 Å². The Kier molecular flexibility index (Phi) is 4.17. The van der Waals surface area contributed by atoms with E-state index < -0.39 is 9.84 Å². The lowest BCUT2D eigenvalue weighted by atomic mass is 9.85. The third-order valence-electron chi connectivity index (χ3n) is 4.24. The molecule has 1 heterocycles. The summed E-state index contributed by atoms with van der Waals surface area (Å²) in [5, 5.41) is 0. The van der Waals surface area contributed by atoms with E-state index in [2.05, 4.69) is 0 Å². The van der Waals surface area contributed by atoms with Gasteiger partial charge in [-0.2, -0.15) is 0 Å². The molecule has 0 spiro atoms. The summed E-state index contributed by atoms with van der Waals surface area (Å²) in [6.07, 6.45) is 7.35. The van der Waals surface area contributed by atoms with Gasteiger partial charge in [0.2, 0.25) is 0 Å². The lowest BCUT2D eigenvalue weighted by Gasteiger charge is -2.23. The van der Waals surface area contributed by atoms with Crippen LogP contribution in [0.1, 0.15) is 38.5 Å².